The van der Waals surface area contributed by atoms with Crippen LogP contribution in [-0.2, 0) is 13.2 Å². The van der Waals surface area contributed by atoms with Crippen LogP contribution in [0.15, 0.2) is 41.0 Å². The predicted octanol–water partition coefficient (Wildman–Crippen LogP) is 3.06. The Balaban J connectivity index is 1.33. The van der Waals surface area contributed by atoms with Crippen molar-refractivity contribution < 1.29 is 9.18 Å². The van der Waals surface area contributed by atoms with Crippen molar-refractivity contribution in [3.8, 4) is 0 Å². The number of carbonyl (C=O) groups is 1. The van der Waals surface area contributed by atoms with Gasteiger partial charge in [0.05, 0.1) is 15.9 Å². The van der Waals surface area contributed by atoms with Crippen LogP contribution in [0, 0.1) is 19.7 Å². The first-order valence-electron chi connectivity index (χ1n) is 9.90. The number of aromatic nitrogens is 4. The first kappa shape index (κ1) is 20.7. The van der Waals surface area contributed by atoms with Crippen LogP contribution < -0.4 is 0 Å². The molecule has 1 fully saturated rings. The summed E-state index contributed by atoms with van der Waals surface area (Å²) in [6.07, 6.45) is 1.81. The molecular weight excluding hydrogens is 451 g/mol. The second-order valence-electron chi connectivity index (χ2n) is 7.56. The molecule has 0 unspecified atom stereocenters. The fraction of sp³-hybridized carbons (Fsp3) is 0.381. The zero-order chi connectivity index (χ0) is 21.3. The molecule has 3 aromatic rings. The van der Waals surface area contributed by atoms with Crippen molar-refractivity contribution in [1.82, 2.24) is 29.4 Å². The first-order valence-corrected chi connectivity index (χ1v) is 10.7. The fourth-order valence-corrected chi connectivity index (χ4v) is 3.91. The van der Waals surface area contributed by atoms with Crippen molar-refractivity contribution in [2.75, 3.05) is 26.2 Å². The molecule has 0 N–H and O–H groups in total. The van der Waals surface area contributed by atoms with Crippen LogP contribution >= 0.6 is 15.9 Å². The summed E-state index contributed by atoms with van der Waals surface area (Å²) in [5.74, 6) is -0.274. The Morgan fingerprint density at radius 2 is 1.77 bits per heavy atom. The molecule has 0 saturated carbocycles. The van der Waals surface area contributed by atoms with Gasteiger partial charge in [-0.15, -0.1) is 0 Å². The summed E-state index contributed by atoms with van der Waals surface area (Å²) < 4.78 is 17.6. The maximum atomic E-state index is 13.1. The van der Waals surface area contributed by atoms with Gasteiger partial charge in [-0.3, -0.25) is 14.4 Å². The topological polar surface area (TPSA) is 59.2 Å². The average molecular weight is 475 g/mol. The molecule has 0 bridgehead atoms. The van der Waals surface area contributed by atoms with Crippen molar-refractivity contribution in [3.05, 3.63) is 69.5 Å². The van der Waals surface area contributed by atoms with E-state index in [2.05, 4.69) is 31.0 Å². The Labute approximate surface area is 183 Å². The van der Waals surface area contributed by atoms with Crippen molar-refractivity contribution in [3.63, 3.8) is 0 Å². The number of aryl methyl sites for hydroxylation is 1. The number of piperazine rings is 1. The minimum Gasteiger partial charge on any atom is -0.335 e. The van der Waals surface area contributed by atoms with E-state index >= 15 is 0 Å². The number of halogens is 2. The van der Waals surface area contributed by atoms with Crippen LogP contribution in [0.4, 0.5) is 4.39 Å². The molecule has 3 heterocycles. The smallest absolute Gasteiger partial charge is 0.274 e. The number of carbonyl (C=O) groups excluding carboxylic acids is 1. The van der Waals surface area contributed by atoms with E-state index in [1.165, 1.54) is 12.1 Å². The lowest BCUT2D eigenvalue weighted by Crippen LogP contribution is -2.48. The summed E-state index contributed by atoms with van der Waals surface area (Å²) in [6.45, 7) is 8.01. The number of rotatable bonds is 5. The van der Waals surface area contributed by atoms with Gasteiger partial charge in [0.1, 0.15) is 18.2 Å². The minimum absolute atomic E-state index is 0.0512. The highest BCUT2D eigenvalue weighted by Crippen LogP contribution is 2.19. The van der Waals surface area contributed by atoms with Crippen LogP contribution in [0.1, 0.15) is 27.4 Å². The molecule has 4 rings (SSSR count). The van der Waals surface area contributed by atoms with E-state index in [9.17, 15) is 9.18 Å². The van der Waals surface area contributed by atoms with Crippen molar-refractivity contribution >= 4 is 21.8 Å². The van der Waals surface area contributed by atoms with E-state index in [1.54, 1.807) is 22.9 Å². The third kappa shape index (κ3) is 4.46. The second kappa shape index (κ2) is 8.69. The van der Waals surface area contributed by atoms with Crippen LogP contribution in [0.2, 0.25) is 0 Å². The standard InChI is InChI=1S/C21H24BrFN6O/c1-15-20(22)16(2)29(24-15)14-28-8-7-19(25-28)21(30)27-11-9-26(10-12-27)13-17-3-5-18(23)6-4-17/h3-8H,9-14H2,1-2H3. The lowest BCUT2D eigenvalue weighted by Gasteiger charge is -2.34. The molecule has 2 aromatic heterocycles. The van der Waals surface area contributed by atoms with Gasteiger partial charge in [-0.2, -0.15) is 10.2 Å². The predicted molar refractivity (Wildman–Crippen MR) is 115 cm³/mol. The molecule has 1 amide bonds. The van der Waals surface area contributed by atoms with E-state index in [0.29, 0.717) is 25.5 Å². The maximum absolute atomic E-state index is 13.1. The Kier molecular flexibility index (Phi) is 6.01. The molecule has 1 aromatic carbocycles. The van der Waals surface area contributed by atoms with Gasteiger partial charge < -0.3 is 4.90 Å². The normalized spacial score (nSPS) is 15.0. The largest absolute Gasteiger partial charge is 0.335 e. The van der Waals surface area contributed by atoms with Gasteiger partial charge in [0.15, 0.2) is 0 Å². The summed E-state index contributed by atoms with van der Waals surface area (Å²) in [5.41, 5.74) is 3.47. The molecule has 1 aliphatic rings. The summed E-state index contributed by atoms with van der Waals surface area (Å²) in [5, 5.41) is 8.94. The molecule has 1 aliphatic heterocycles. The molecule has 158 valence electrons. The molecule has 0 spiro atoms. The number of amides is 1. The Morgan fingerprint density at radius 1 is 1.07 bits per heavy atom. The van der Waals surface area contributed by atoms with Crippen molar-refractivity contribution in [2.45, 2.75) is 27.1 Å². The van der Waals surface area contributed by atoms with Crippen molar-refractivity contribution in [2.24, 2.45) is 0 Å². The SMILES string of the molecule is Cc1nn(Cn2ccc(C(=O)N3CCN(Cc4ccc(F)cc4)CC3)n2)c(C)c1Br. The maximum Gasteiger partial charge on any atom is 0.274 e. The Morgan fingerprint density at radius 3 is 2.40 bits per heavy atom. The number of hydrogen-bond donors (Lipinski definition) is 0. The van der Waals surface area contributed by atoms with Gasteiger partial charge in [0.2, 0.25) is 0 Å². The van der Waals surface area contributed by atoms with E-state index in [-0.39, 0.29) is 11.7 Å². The Bertz CT molecular complexity index is 1040. The lowest BCUT2D eigenvalue weighted by atomic mass is 10.2. The summed E-state index contributed by atoms with van der Waals surface area (Å²) in [7, 11) is 0. The van der Waals surface area contributed by atoms with Crippen LogP contribution in [-0.4, -0.2) is 61.4 Å². The summed E-state index contributed by atoms with van der Waals surface area (Å²) in [6, 6.07) is 8.34. The third-order valence-electron chi connectivity index (χ3n) is 5.41. The van der Waals surface area contributed by atoms with Crippen LogP contribution in [0.25, 0.3) is 0 Å². The van der Waals surface area contributed by atoms with Gasteiger partial charge in [-0.25, -0.2) is 9.07 Å². The second-order valence-corrected chi connectivity index (χ2v) is 8.35. The molecule has 0 atom stereocenters. The number of benzene rings is 1. The van der Waals surface area contributed by atoms with Gasteiger partial charge in [0, 0.05) is 38.9 Å². The molecule has 30 heavy (non-hydrogen) atoms. The zero-order valence-electron chi connectivity index (χ0n) is 17.1. The molecule has 1 saturated heterocycles. The van der Waals surface area contributed by atoms with Crippen LogP contribution in [0.5, 0.6) is 0 Å². The highest BCUT2D eigenvalue weighted by molar-refractivity contribution is 9.10. The highest BCUT2D eigenvalue weighted by Gasteiger charge is 2.24. The van der Waals surface area contributed by atoms with Gasteiger partial charge in [-0.05, 0) is 53.5 Å². The van der Waals surface area contributed by atoms with E-state index in [0.717, 1.165) is 41.1 Å². The molecular formula is C21H24BrFN6O. The van der Waals surface area contributed by atoms with E-state index in [1.807, 2.05) is 29.6 Å². The third-order valence-corrected chi connectivity index (χ3v) is 6.56. The monoisotopic (exact) mass is 474 g/mol. The average Bonchev–Trinajstić information content (AvgIpc) is 3.31. The van der Waals surface area contributed by atoms with Crippen molar-refractivity contribution in [1.29, 1.82) is 0 Å². The lowest BCUT2D eigenvalue weighted by molar-refractivity contribution is 0.0621. The molecule has 0 aliphatic carbocycles. The number of nitrogens with zero attached hydrogens (tertiary/aromatic N) is 6. The Hall–Kier alpha value is -2.52. The van der Waals surface area contributed by atoms with Gasteiger partial charge >= 0.3 is 0 Å². The van der Waals surface area contributed by atoms with Gasteiger partial charge in [-0.1, -0.05) is 12.1 Å². The van der Waals surface area contributed by atoms with E-state index in [4.69, 9.17) is 0 Å². The fourth-order valence-electron chi connectivity index (χ4n) is 3.62. The highest BCUT2D eigenvalue weighted by atomic mass is 79.9. The summed E-state index contributed by atoms with van der Waals surface area (Å²) >= 11 is 3.53. The molecule has 0 radical (unpaired) electrons. The van der Waals surface area contributed by atoms with Gasteiger partial charge in [0.25, 0.3) is 5.91 Å². The summed E-state index contributed by atoms with van der Waals surface area (Å²) in [4.78, 5) is 17.0. The minimum atomic E-state index is -0.223. The molecule has 7 nitrogen and oxygen atoms in total. The van der Waals surface area contributed by atoms with Crippen LogP contribution in [0.3, 0.4) is 0 Å². The zero-order valence-corrected chi connectivity index (χ0v) is 18.6. The number of hydrogen-bond acceptors (Lipinski definition) is 4. The first-order chi connectivity index (χ1) is 14.4. The molecule has 9 heteroatoms. The quantitative estimate of drug-likeness (QED) is 0.570. The van der Waals surface area contributed by atoms with E-state index < -0.39 is 0 Å².